The van der Waals surface area contributed by atoms with Gasteiger partial charge in [0.15, 0.2) is 0 Å². The first-order chi connectivity index (χ1) is 9.50. The highest BCUT2D eigenvalue weighted by Crippen LogP contribution is 2.31. The fourth-order valence-electron chi connectivity index (χ4n) is 3.01. The Bertz CT molecular complexity index is 411. The Hall–Kier alpha value is -1.03. The highest BCUT2D eigenvalue weighted by atomic mass is 19.4. The highest BCUT2D eigenvalue weighted by molar-refractivity contribution is 5.25. The molecule has 2 unspecified atom stereocenters. The molecule has 4 heteroatoms. The molecule has 2 atom stereocenters. The molecule has 1 saturated carbocycles. The fraction of sp³-hybridized carbons (Fsp3) is 0.625. The predicted octanol–water partition coefficient (Wildman–Crippen LogP) is 4.42. The van der Waals surface area contributed by atoms with Crippen molar-refractivity contribution in [2.75, 3.05) is 6.54 Å². The molecular weight excluding hydrogens is 263 g/mol. The zero-order valence-electron chi connectivity index (χ0n) is 11.8. The van der Waals surface area contributed by atoms with Crippen molar-refractivity contribution in [1.82, 2.24) is 5.32 Å². The average Bonchev–Trinajstić information content (AvgIpc) is 2.83. The lowest BCUT2D eigenvalue weighted by Gasteiger charge is -2.21. The number of hydrogen-bond donors (Lipinski definition) is 1. The number of rotatable bonds is 5. The van der Waals surface area contributed by atoms with Crippen LogP contribution >= 0.6 is 0 Å². The third-order valence-corrected chi connectivity index (χ3v) is 4.09. The van der Waals surface area contributed by atoms with Crippen molar-refractivity contribution >= 4 is 0 Å². The summed E-state index contributed by atoms with van der Waals surface area (Å²) in [5.41, 5.74) is 0.446. The maximum Gasteiger partial charge on any atom is 0.416 e. The maximum atomic E-state index is 12.5. The molecule has 112 valence electrons. The van der Waals surface area contributed by atoms with Crippen LogP contribution in [0, 0.1) is 5.92 Å². The molecule has 1 N–H and O–H groups in total. The molecule has 1 fully saturated rings. The van der Waals surface area contributed by atoms with Crippen LogP contribution in [0.2, 0.25) is 0 Å². The van der Waals surface area contributed by atoms with Gasteiger partial charge < -0.3 is 5.32 Å². The van der Waals surface area contributed by atoms with Gasteiger partial charge >= 0.3 is 6.18 Å². The van der Waals surface area contributed by atoms with Crippen LogP contribution in [-0.2, 0) is 12.6 Å². The summed E-state index contributed by atoms with van der Waals surface area (Å²) >= 11 is 0. The summed E-state index contributed by atoms with van der Waals surface area (Å²) in [6, 6.07) is 6.16. The number of benzene rings is 1. The Kier molecular flexibility index (Phi) is 5.08. The van der Waals surface area contributed by atoms with Crippen LogP contribution in [0.15, 0.2) is 24.3 Å². The topological polar surface area (TPSA) is 12.0 Å². The van der Waals surface area contributed by atoms with E-state index in [1.54, 1.807) is 12.1 Å². The van der Waals surface area contributed by atoms with Gasteiger partial charge in [0.1, 0.15) is 0 Å². The van der Waals surface area contributed by atoms with Crippen molar-refractivity contribution in [2.45, 2.75) is 51.2 Å². The third-order valence-electron chi connectivity index (χ3n) is 4.09. The third kappa shape index (κ3) is 3.98. The Morgan fingerprint density at radius 2 is 1.85 bits per heavy atom. The van der Waals surface area contributed by atoms with Gasteiger partial charge in [-0.15, -0.1) is 0 Å². The van der Waals surface area contributed by atoms with Crippen LogP contribution in [0.25, 0.3) is 0 Å². The van der Waals surface area contributed by atoms with Crippen molar-refractivity contribution in [1.29, 1.82) is 0 Å². The molecule has 0 spiro atoms. The Labute approximate surface area is 118 Å². The molecule has 1 aliphatic rings. The van der Waals surface area contributed by atoms with Gasteiger partial charge in [-0.2, -0.15) is 13.2 Å². The number of nitrogens with one attached hydrogen (secondary N) is 1. The summed E-state index contributed by atoms with van der Waals surface area (Å²) in [5.74, 6) is 0.554. The van der Waals surface area contributed by atoms with E-state index in [1.165, 1.54) is 31.4 Å². The number of halogens is 3. The lowest BCUT2D eigenvalue weighted by Crippen LogP contribution is -2.33. The van der Waals surface area contributed by atoms with Gasteiger partial charge in [0.2, 0.25) is 0 Å². The van der Waals surface area contributed by atoms with Crippen molar-refractivity contribution in [3.63, 3.8) is 0 Å². The largest absolute Gasteiger partial charge is 0.416 e. The van der Waals surface area contributed by atoms with E-state index in [9.17, 15) is 13.2 Å². The van der Waals surface area contributed by atoms with Gasteiger partial charge in [-0.3, -0.25) is 0 Å². The van der Waals surface area contributed by atoms with E-state index >= 15 is 0 Å². The summed E-state index contributed by atoms with van der Waals surface area (Å²) in [5, 5.41) is 3.56. The second-order valence-corrected chi connectivity index (χ2v) is 5.65. The van der Waals surface area contributed by atoms with E-state index in [4.69, 9.17) is 0 Å². The second kappa shape index (κ2) is 6.61. The van der Waals surface area contributed by atoms with Gasteiger partial charge in [-0.1, -0.05) is 25.5 Å². The summed E-state index contributed by atoms with van der Waals surface area (Å²) in [7, 11) is 0. The molecule has 0 bridgehead atoms. The average molecular weight is 285 g/mol. The van der Waals surface area contributed by atoms with E-state index in [2.05, 4.69) is 12.2 Å². The molecule has 0 heterocycles. The molecule has 20 heavy (non-hydrogen) atoms. The molecule has 0 aromatic heterocycles. The molecule has 0 aliphatic heterocycles. The SMILES string of the molecule is CCCNC1CCCC1Cc1ccc(C(F)(F)F)cc1. The van der Waals surface area contributed by atoms with Crippen LogP contribution in [0.3, 0.4) is 0 Å². The predicted molar refractivity (Wildman–Crippen MR) is 74.6 cm³/mol. The first-order valence-corrected chi connectivity index (χ1v) is 7.40. The molecule has 0 saturated heterocycles. The molecule has 1 aliphatic carbocycles. The summed E-state index contributed by atoms with van der Waals surface area (Å²) in [4.78, 5) is 0. The lowest BCUT2D eigenvalue weighted by molar-refractivity contribution is -0.137. The zero-order chi connectivity index (χ0) is 14.6. The van der Waals surface area contributed by atoms with Gasteiger partial charge in [-0.05, 0) is 55.8 Å². The van der Waals surface area contributed by atoms with Crippen LogP contribution in [-0.4, -0.2) is 12.6 Å². The standard InChI is InChI=1S/C16H22F3N/c1-2-10-20-15-5-3-4-13(15)11-12-6-8-14(9-7-12)16(17,18)19/h6-9,13,15,20H,2-5,10-11H2,1H3. The molecule has 2 rings (SSSR count). The van der Waals surface area contributed by atoms with E-state index in [-0.39, 0.29) is 0 Å². The summed E-state index contributed by atoms with van der Waals surface area (Å²) in [6.07, 6.45) is 1.32. The number of hydrogen-bond acceptors (Lipinski definition) is 1. The van der Waals surface area contributed by atoms with Gasteiger partial charge in [0, 0.05) is 6.04 Å². The van der Waals surface area contributed by atoms with E-state index in [0.717, 1.165) is 24.9 Å². The van der Waals surface area contributed by atoms with Crippen molar-refractivity contribution < 1.29 is 13.2 Å². The quantitative estimate of drug-likeness (QED) is 0.844. The molecule has 0 radical (unpaired) electrons. The first-order valence-electron chi connectivity index (χ1n) is 7.40. The number of alkyl halides is 3. The zero-order valence-corrected chi connectivity index (χ0v) is 11.8. The van der Waals surface area contributed by atoms with Crippen molar-refractivity contribution in [3.8, 4) is 0 Å². The summed E-state index contributed by atoms with van der Waals surface area (Å²) in [6.45, 7) is 3.17. The smallest absolute Gasteiger partial charge is 0.314 e. The van der Waals surface area contributed by atoms with E-state index in [0.29, 0.717) is 12.0 Å². The van der Waals surface area contributed by atoms with Crippen molar-refractivity contribution in [3.05, 3.63) is 35.4 Å². The van der Waals surface area contributed by atoms with Crippen LogP contribution in [0.1, 0.15) is 43.7 Å². The minimum absolute atomic E-state index is 0.525. The summed E-state index contributed by atoms with van der Waals surface area (Å²) < 4.78 is 37.5. The molecule has 1 aromatic rings. The monoisotopic (exact) mass is 285 g/mol. The van der Waals surface area contributed by atoms with E-state index in [1.807, 2.05) is 0 Å². The maximum absolute atomic E-state index is 12.5. The van der Waals surface area contributed by atoms with Crippen molar-refractivity contribution in [2.24, 2.45) is 5.92 Å². The first kappa shape index (κ1) is 15.4. The van der Waals surface area contributed by atoms with Crippen LogP contribution in [0.5, 0.6) is 0 Å². The minimum atomic E-state index is -4.24. The lowest BCUT2D eigenvalue weighted by atomic mass is 9.94. The Morgan fingerprint density at radius 3 is 2.45 bits per heavy atom. The molecule has 0 amide bonds. The van der Waals surface area contributed by atoms with Crippen LogP contribution < -0.4 is 5.32 Å². The minimum Gasteiger partial charge on any atom is -0.314 e. The van der Waals surface area contributed by atoms with E-state index < -0.39 is 11.7 Å². The Balaban J connectivity index is 1.95. The van der Waals surface area contributed by atoms with Crippen LogP contribution in [0.4, 0.5) is 13.2 Å². The molecular formula is C16H22F3N. The normalized spacial score (nSPS) is 23.2. The molecule has 1 nitrogen and oxygen atoms in total. The highest BCUT2D eigenvalue weighted by Gasteiger charge is 2.30. The fourth-order valence-corrected chi connectivity index (χ4v) is 3.01. The van der Waals surface area contributed by atoms with Gasteiger partial charge in [0.25, 0.3) is 0 Å². The molecule has 1 aromatic carbocycles. The Morgan fingerprint density at radius 1 is 1.15 bits per heavy atom. The van der Waals surface area contributed by atoms with Gasteiger partial charge in [0.05, 0.1) is 5.56 Å². The second-order valence-electron chi connectivity index (χ2n) is 5.65. The van der Waals surface area contributed by atoms with Gasteiger partial charge in [-0.25, -0.2) is 0 Å².